The van der Waals surface area contributed by atoms with Gasteiger partial charge in [0.15, 0.2) is 5.82 Å². The highest BCUT2D eigenvalue weighted by atomic mass is 16.5. The smallest absolute Gasteiger partial charge is 0.239 e. The summed E-state index contributed by atoms with van der Waals surface area (Å²) in [6.07, 6.45) is 5.98. The number of carbonyl (C=O) groups is 1. The Kier molecular flexibility index (Phi) is 4.29. The van der Waals surface area contributed by atoms with Crippen LogP contribution >= 0.6 is 0 Å². The maximum atomic E-state index is 12.5. The van der Waals surface area contributed by atoms with Crippen molar-refractivity contribution in [3.8, 4) is 0 Å². The molecule has 1 atom stereocenters. The van der Waals surface area contributed by atoms with Crippen LogP contribution in [0, 0.1) is 0 Å². The van der Waals surface area contributed by atoms with E-state index >= 15 is 0 Å². The number of carbonyl (C=O) groups excluding carboxylic acids is 1. The van der Waals surface area contributed by atoms with Crippen LogP contribution in [0.2, 0.25) is 0 Å². The summed E-state index contributed by atoms with van der Waals surface area (Å²) in [4.78, 5) is 19.2. The van der Waals surface area contributed by atoms with Crippen molar-refractivity contribution >= 4 is 11.7 Å². The van der Waals surface area contributed by atoms with Gasteiger partial charge in [-0.15, -0.1) is 0 Å². The number of rotatable bonds is 6. The van der Waals surface area contributed by atoms with Gasteiger partial charge in [0.05, 0.1) is 18.8 Å². The van der Waals surface area contributed by atoms with E-state index < -0.39 is 0 Å². The SMILES string of the molecule is CC(C)n1nccc1NC(=O)CN1CCC[C@@H]1c1noc(C2CC2)n1. The first-order valence-corrected chi connectivity index (χ1v) is 9.02. The predicted molar refractivity (Wildman–Crippen MR) is 91.1 cm³/mol. The highest BCUT2D eigenvalue weighted by Gasteiger charge is 2.34. The fraction of sp³-hybridized carbons (Fsp3) is 0.647. The van der Waals surface area contributed by atoms with Crippen molar-refractivity contribution in [1.82, 2.24) is 24.8 Å². The molecule has 0 aromatic carbocycles. The van der Waals surface area contributed by atoms with Crippen LogP contribution in [-0.2, 0) is 4.79 Å². The van der Waals surface area contributed by atoms with Gasteiger partial charge >= 0.3 is 0 Å². The Morgan fingerprint density at radius 2 is 2.24 bits per heavy atom. The summed E-state index contributed by atoms with van der Waals surface area (Å²) in [7, 11) is 0. The van der Waals surface area contributed by atoms with Gasteiger partial charge in [0.25, 0.3) is 0 Å². The predicted octanol–water partition coefficient (Wildman–Crippen LogP) is 2.50. The summed E-state index contributed by atoms with van der Waals surface area (Å²) in [5, 5.41) is 11.4. The van der Waals surface area contributed by atoms with Gasteiger partial charge in [-0.3, -0.25) is 9.69 Å². The molecule has 1 saturated heterocycles. The molecule has 2 aliphatic rings. The van der Waals surface area contributed by atoms with Crippen LogP contribution in [0.3, 0.4) is 0 Å². The van der Waals surface area contributed by atoms with Crippen molar-refractivity contribution in [3.05, 3.63) is 24.0 Å². The molecular formula is C17H24N6O2. The molecule has 25 heavy (non-hydrogen) atoms. The minimum Gasteiger partial charge on any atom is -0.339 e. The van der Waals surface area contributed by atoms with E-state index in [2.05, 4.69) is 25.5 Å². The lowest BCUT2D eigenvalue weighted by molar-refractivity contribution is -0.117. The van der Waals surface area contributed by atoms with E-state index in [0.29, 0.717) is 12.5 Å². The van der Waals surface area contributed by atoms with Gasteiger partial charge in [-0.05, 0) is 46.1 Å². The van der Waals surface area contributed by atoms with Gasteiger partial charge in [0, 0.05) is 18.0 Å². The molecule has 1 amide bonds. The lowest BCUT2D eigenvalue weighted by Crippen LogP contribution is -2.33. The summed E-state index contributed by atoms with van der Waals surface area (Å²) in [6, 6.07) is 2.09. The summed E-state index contributed by atoms with van der Waals surface area (Å²) in [6.45, 7) is 5.26. The zero-order chi connectivity index (χ0) is 17.4. The Balaban J connectivity index is 1.40. The third-order valence-corrected chi connectivity index (χ3v) is 4.82. The van der Waals surface area contributed by atoms with E-state index in [9.17, 15) is 4.79 Å². The van der Waals surface area contributed by atoms with E-state index in [-0.39, 0.29) is 18.0 Å². The highest BCUT2D eigenvalue weighted by Crippen LogP contribution is 2.40. The second-order valence-corrected chi connectivity index (χ2v) is 7.20. The van der Waals surface area contributed by atoms with Gasteiger partial charge in [0.1, 0.15) is 5.82 Å². The quantitative estimate of drug-likeness (QED) is 0.866. The number of aromatic nitrogens is 4. The van der Waals surface area contributed by atoms with Crippen LogP contribution in [-0.4, -0.2) is 43.8 Å². The maximum absolute atomic E-state index is 12.5. The Bertz CT molecular complexity index is 748. The molecule has 8 nitrogen and oxygen atoms in total. The number of anilines is 1. The molecule has 0 spiro atoms. The highest BCUT2D eigenvalue weighted by molar-refractivity contribution is 5.91. The number of likely N-dealkylation sites (tertiary alicyclic amines) is 1. The zero-order valence-electron chi connectivity index (χ0n) is 14.7. The Labute approximate surface area is 146 Å². The van der Waals surface area contributed by atoms with Gasteiger partial charge in [0.2, 0.25) is 11.8 Å². The van der Waals surface area contributed by atoms with Gasteiger partial charge in [-0.1, -0.05) is 5.16 Å². The van der Waals surface area contributed by atoms with E-state index in [1.165, 1.54) is 0 Å². The molecule has 134 valence electrons. The second-order valence-electron chi connectivity index (χ2n) is 7.20. The number of nitrogens with zero attached hydrogens (tertiary/aromatic N) is 5. The van der Waals surface area contributed by atoms with E-state index in [0.717, 1.165) is 49.8 Å². The van der Waals surface area contributed by atoms with E-state index in [1.54, 1.807) is 10.9 Å². The van der Waals surface area contributed by atoms with Crippen LogP contribution in [0.25, 0.3) is 0 Å². The van der Waals surface area contributed by atoms with Crippen LogP contribution in [0.15, 0.2) is 16.8 Å². The molecule has 1 N–H and O–H groups in total. The van der Waals surface area contributed by atoms with Crippen molar-refractivity contribution in [3.63, 3.8) is 0 Å². The molecule has 1 aliphatic heterocycles. The molecule has 0 bridgehead atoms. The van der Waals surface area contributed by atoms with Crippen LogP contribution < -0.4 is 5.32 Å². The van der Waals surface area contributed by atoms with Gasteiger partial charge in [-0.25, -0.2) is 4.68 Å². The number of nitrogens with one attached hydrogen (secondary N) is 1. The maximum Gasteiger partial charge on any atom is 0.239 e. The lowest BCUT2D eigenvalue weighted by Gasteiger charge is -2.21. The number of hydrogen-bond donors (Lipinski definition) is 1. The first-order valence-electron chi connectivity index (χ1n) is 9.02. The molecule has 0 unspecified atom stereocenters. The van der Waals surface area contributed by atoms with Crippen molar-refractivity contribution in [2.75, 3.05) is 18.4 Å². The Hall–Kier alpha value is -2.22. The van der Waals surface area contributed by atoms with Crippen molar-refractivity contribution in [2.45, 2.75) is 57.5 Å². The summed E-state index contributed by atoms with van der Waals surface area (Å²) < 4.78 is 7.19. The molecule has 2 aromatic heterocycles. The normalized spacial score (nSPS) is 21.2. The zero-order valence-corrected chi connectivity index (χ0v) is 14.7. The summed E-state index contributed by atoms with van der Waals surface area (Å²) >= 11 is 0. The topological polar surface area (TPSA) is 89.1 Å². The molecule has 2 aromatic rings. The Morgan fingerprint density at radius 3 is 3.00 bits per heavy atom. The molecule has 3 heterocycles. The third-order valence-electron chi connectivity index (χ3n) is 4.82. The van der Waals surface area contributed by atoms with E-state index in [4.69, 9.17) is 4.52 Å². The van der Waals surface area contributed by atoms with Gasteiger partial charge < -0.3 is 9.84 Å². The minimum absolute atomic E-state index is 0.0415. The fourth-order valence-corrected chi connectivity index (χ4v) is 3.38. The monoisotopic (exact) mass is 344 g/mol. The first kappa shape index (κ1) is 16.3. The molecule has 8 heteroatoms. The fourth-order valence-electron chi connectivity index (χ4n) is 3.38. The molecule has 4 rings (SSSR count). The average Bonchev–Trinajstić information content (AvgIpc) is 3.00. The Morgan fingerprint density at radius 1 is 1.40 bits per heavy atom. The minimum atomic E-state index is -0.0415. The summed E-state index contributed by atoms with van der Waals surface area (Å²) in [5.74, 6) is 2.62. The van der Waals surface area contributed by atoms with Crippen molar-refractivity contribution in [2.24, 2.45) is 0 Å². The van der Waals surface area contributed by atoms with Crippen molar-refractivity contribution < 1.29 is 9.32 Å². The lowest BCUT2D eigenvalue weighted by atomic mass is 10.2. The van der Waals surface area contributed by atoms with Crippen molar-refractivity contribution in [1.29, 1.82) is 0 Å². The number of hydrogen-bond acceptors (Lipinski definition) is 6. The average molecular weight is 344 g/mol. The van der Waals surface area contributed by atoms with Crippen LogP contribution in [0.5, 0.6) is 0 Å². The molecule has 1 aliphatic carbocycles. The van der Waals surface area contributed by atoms with Crippen LogP contribution in [0.1, 0.15) is 69.2 Å². The molecule has 0 radical (unpaired) electrons. The third kappa shape index (κ3) is 3.44. The van der Waals surface area contributed by atoms with E-state index in [1.807, 2.05) is 19.9 Å². The molecule has 1 saturated carbocycles. The molecule has 2 fully saturated rings. The largest absolute Gasteiger partial charge is 0.339 e. The van der Waals surface area contributed by atoms with Gasteiger partial charge in [-0.2, -0.15) is 10.1 Å². The summed E-state index contributed by atoms with van der Waals surface area (Å²) in [5.41, 5.74) is 0. The van der Waals surface area contributed by atoms with Crippen LogP contribution in [0.4, 0.5) is 5.82 Å². The number of amides is 1. The molecular weight excluding hydrogens is 320 g/mol. The second kappa shape index (κ2) is 6.59. The first-order chi connectivity index (χ1) is 12.1. The standard InChI is InChI=1S/C17H24N6O2/c1-11(2)23-14(7-8-18-23)19-15(24)10-22-9-3-4-13(22)16-20-17(25-21-16)12-5-6-12/h7-8,11-13H,3-6,9-10H2,1-2H3,(H,19,24)/t13-/m1/s1.